The van der Waals surface area contributed by atoms with Gasteiger partial charge in [-0.2, -0.15) is 5.10 Å². The van der Waals surface area contributed by atoms with Gasteiger partial charge in [-0.05, 0) is 91.1 Å². The number of primary amides is 1. The summed E-state index contributed by atoms with van der Waals surface area (Å²) < 4.78 is 0. The number of anilines is 1. The molecule has 1 aliphatic carbocycles. The first-order valence-corrected chi connectivity index (χ1v) is 15.9. The van der Waals surface area contributed by atoms with E-state index in [-0.39, 0.29) is 23.6 Å². The average molecular weight is 613 g/mol. The first-order valence-electron chi connectivity index (χ1n) is 15.9. The number of carbonyl (C=O) groups is 2. The highest BCUT2D eigenvalue weighted by Gasteiger charge is 2.23. The number of hydrogen-bond acceptors (Lipinski definition) is 7. The fourth-order valence-electron chi connectivity index (χ4n) is 5.86. The van der Waals surface area contributed by atoms with Crippen LogP contribution in [0.25, 0.3) is 11.1 Å². The number of nitrogens with zero attached hydrogens (tertiary/aromatic N) is 2. The minimum Gasteiger partial charge on any atom is -0.382 e. The van der Waals surface area contributed by atoms with Gasteiger partial charge in [0.05, 0.1) is 0 Å². The molecule has 1 aliphatic heterocycles. The van der Waals surface area contributed by atoms with E-state index in [1.807, 2.05) is 0 Å². The first kappa shape index (κ1) is 33.6. The van der Waals surface area contributed by atoms with Crippen LogP contribution in [0.3, 0.4) is 0 Å². The number of piperazine rings is 1. The molecule has 0 aromatic heterocycles. The largest absolute Gasteiger partial charge is 0.382 e. The number of nitrogens with one attached hydrogen (secondary N) is 2. The molecule has 2 fully saturated rings. The van der Waals surface area contributed by atoms with Crippen molar-refractivity contribution in [3.05, 3.63) is 89.5 Å². The summed E-state index contributed by atoms with van der Waals surface area (Å²) in [6, 6.07) is 24.3. The van der Waals surface area contributed by atoms with Crippen molar-refractivity contribution in [2.45, 2.75) is 45.1 Å². The molecule has 0 radical (unpaired) electrons. The van der Waals surface area contributed by atoms with E-state index in [0.717, 1.165) is 81.8 Å². The number of rotatable bonds is 10. The van der Waals surface area contributed by atoms with Gasteiger partial charge in [-0.25, -0.2) is 0 Å². The molecule has 1 heterocycles. The Kier molecular flexibility index (Phi) is 12.9. The topological polar surface area (TPSA) is 178 Å². The van der Waals surface area contributed by atoms with Crippen LogP contribution in [0.5, 0.6) is 0 Å². The van der Waals surface area contributed by atoms with E-state index in [4.69, 9.17) is 23.0 Å². The molecule has 5 rings (SSSR count). The Morgan fingerprint density at radius 2 is 1.56 bits per heavy atom. The Labute approximate surface area is 266 Å². The van der Waals surface area contributed by atoms with Gasteiger partial charge < -0.3 is 33.7 Å². The van der Waals surface area contributed by atoms with E-state index < -0.39 is 0 Å². The van der Waals surface area contributed by atoms with Gasteiger partial charge in [0.15, 0.2) is 0 Å². The third-order valence-electron chi connectivity index (χ3n) is 8.71. The molecule has 10 heteroatoms. The normalized spacial score (nSPS) is 18.8. The van der Waals surface area contributed by atoms with Crippen molar-refractivity contribution in [3.8, 4) is 11.1 Å². The van der Waals surface area contributed by atoms with Crippen LogP contribution in [-0.2, 0) is 22.6 Å². The Morgan fingerprint density at radius 3 is 2.18 bits per heavy atom. The molecule has 1 saturated carbocycles. The van der Waals surface area contributed by atoms with Crippen LogP contribution in [0.15, 0.2) is 77.9 Å². The maximum atomic E-state index is 12.4. The zero-order valence-corrected chi connectivity index (χ0v) is 26.1. The van der Waals surface area contributed by atoms with Crippen LogP contribution in [-0.4, -0.2) is 55.3 Å². The van der Waals surface area contributed by atoms with Crippen molar-refractivity contribution in [2.24, 2.45) is 40.0 Å². The van der Waals surface area contributed by atoms with Crippen LogP contribution in [0, 0.1) is 11.8 Å². The number of carbonyl (C=O) groups excluding carboxylic acids is 2. The first-order chi connectivity index (χ1) is 21.9. The van der Waals surface area contributed by atoms with Crippen LogP contribution in [0.4, 0.5) is 5.69 Å². The van der Waals surface area contributed by atoms with Crippen molar-refractivity contribution in [1.82, 2.24) is 10.2 Å². The predicted molar refractivity (Wildman–Crippen MR) is 182 cm³/mol. The molecule has 0 atom stereocenters. The second kappa shape index (κ2) is 17.3. The van der Waals surface area contributed by atoms with Gasteiger partial charge in [-0.3, -0.25) is 14.5 Å². The molecular formula is C35H48N8O2. The van der Waals surface area contributed by atoms with Crippen LogP contribution in [0.2, 0.25) is 0 Å². The standard InChI is InChI=1S/C27H32N6O.C8H16N2O/c28-27(32-29)22-10-12-24(13-11-22)31-26(34)14-7-20-5-8-21(9-6-20)25-4-2-1-3-23(25)19-33-17-15-30-16-18-33;9-5-6-1-3-7(4-2-6)8(10)11/h1-6,8-13,30H,7,14-19,29H2,(H2,28,32)(H,31,34);6-7H,1-5,9H2,(H2,10,11). The smallest absolute Gasteiger partial charge is 0.224 e. The van der Waals surface area contributed by atoms with E-state index in [9.17, 15) is 9.59 Å². The maximum absolute atomic E-state index is 12.4. The summed E-state index contributed by atoms with van der Waals surface area (Å²) in [6.45, 7) is 5.98. The molecule has 0 spiro atoms. The van der Waals surface area contributed by atoms with Crippen LogP contribution in [0.1, 0.15) is 48.8 Å². The highest BCUT2D eigenvalue weighted by Crippen LogP contribution is 2.28. The Morgan fingerprint density at radius 1 is 0.889 bits per heavy atom. The molecule has 45 heavy (non-hydrogen) atoms. The van der Waals surface area contributed by atoms with Crippen molar-refractivity contribution in [2.75, 3.05) is 38.0 Å². The van der Waals surface area contributed by atoms with E-state index >= 15 is 0 Å². The summed E-state index contributed by atoms with van der Waals surface area (Å²) in [5, 5.41) is 9.80. The zero-order valence-electron chi connectivity index (χ0n) is 26.1. The molecule has 0 unspecified atom stereocenters. The second-order valence-corrected chi connectivity index (χ2v) is 11.9. The van der Waals surface area contributed by atoms with Crippen molar-refractivity contribution < 1.29 is 9.59 Å². The summed E-state index contributed by atoms with van der Waals surface area (Å²) in [6.07, 6.45) is 5.12. The molecule has 1 saturated heterocycles. The van der Waals surface area contributed by atoms with Crippen molar-refractivity contribution in [1.29, 1.82) is 0 Å². The molecule has 2 aliphatic rings. The highest BCUT2D eigenvalue weighted by atomic mass is 16.2. The van der Waals surface area contributed by atoms with E-state index in [1.165, 1.54) is 16.7 Å². The molecule has 2 amide bonds. The number of amidine groups is 1. The lowest BCUT2D eigenvalue weighted by atomic mass is 9.82. The molecular weight excluding hydrogens is 564 g/mol. The van der Waals surface area contributed by atoms with Crippen LogP contribution < -0.4 is 33.7 Å². The van der Waals surface area contributed by atoms with Gasteiger partial charge in [-0.1, -0.05) is 48.5 Å². The Hall–Kier alpha value is -4.25. The lowest BCUT2D eigenvalue weighted by Gasteiger charge is -2.28. The highest BCUT2D eigenvalue weighted by molar-refractivity contribution is 5.98. The van der Waals surface area contributed by atoms with E-state index in [2.05, 4.69) is 69.2 Å². The number of benzene rings is 3. The fourth-order valence-corrected chi connectivity index (χ4v) is 5.86. The Balaban J connectivity index is 0.000000354. The number of hydrazone groups is 1. The number of hydrogen-bond donors (Lipinski definition) is 6. The lowest BCUT2D eigenvalue weighted by molar-refractivity contribution is -0.123. The third-order valence-corrected chi connectivity index (χ3v) is 8.71. The molecule has 10 nitrogen and oxygen atoms in total. The van der Waals surface area contributed by atoms with Crippen LogP contribution >= 0.6 is 0 Å². The second-order valence-electron chi connectivity index (χ2n) is 11.9. The summed E-state index contributed by atoms with van der Waals surface area (Å²) >= 11 is 0. The van der Waals surface area contributed by atoms with Crippen molar-refractivity contribution >= 4 is 23.3 Å². The summed E-state index contributed by atoms with van der Waals surface area (Å²) in [4.78, 5) is 25.6. The maximum Gasteiger partial charge on any atom is 0.224 e. The number of aryl methyl sites for hydroxylation is 1. The Bertz CT molecular complexity index is 1390. The van der Waals surface area contributed by atoms with Gasteiger partial charge in [-0.15, -0.1) is 0 Å². The van der Waals surface area contributed by atoms with E-state index in [1.54, 1.807) is 24.3 Å². The molecule has 0 bridgehead atoms. The molecule has 3 aromatic carbocycles. The number of nitrogens with two attached hydrogens (primary N) is 4. The fraction of sp³-hybridized carbons (Fsp3) is 0.400. The quantitative estimate of drug-likeness (QED) is 0.0881. The molecule has 3 aromatic rings. The van der Waals surface area contributed by atoms with Gasteiger partial charge in [0.25, 0.3) is 0 Å². The summed E-state index contributed by atoms with van der Waals surface area (Å²) in [5.74, 6) is 6.04. The monoisotopic (exact) mass is 612 g/mol. The summed E-state index contributed by atoms with van der Waals surface area (Å²) in [5.41, 5.74) is 22.8. The van der Waals surface area contributed by atoms with Gasteiger partial charge in [0.1, 0.15) is 5.84 Å². The van der Waals surface area contributed by atoms with Crippen molar-refractivity contribution in [3.63, 3.8) is 0 Å². The number of amides is 2. The van der Waals surface area contributed by atoms with E-state index in [0.29, 0.717) is 18.8 Å². The third kappa shape index (κ3) is 10.4. The minimum atomic E-state index is -0.138. The van der Waals surface area contributed by atoms with Gasteiger partial charge >= 0.3 is 0 Å². The lowest BCUT2D eigenvalue weighted by Crippen LogP contribution is -2.42. The van der Waals surface area contributed by atoms with Gasteiger partial charge in [0.2, 0.25) is 11.8 Å². The SMILES string of the molecule is N/N=C(\N)c1ccc(NC(=O)CCc2ccc(-c3ccccc3CN3CCNCC3)cc2)cc1.NCC1CCC(C(N)=O)CC1. The van der Waals surface area contributed by atoms with Gasteiger partial charge in [0, 0.05) is 56.3 Å². The molecule has 10 N–H and O–H groups in total. The minimum absolute atomic E-state index is 0.0290. The molecule has 240 valence electrons. The average Bonchev–Trinajstić information content (AvgIpc) is 3.08. The summed E-state index contributed by atoms with van der Waals surface area (Å²) in [7, 11) is 0. The zero-order chi connectivity index (χ0) is 32.0. The predicted octanol–water partition coefficient (Wildman–Crippen LogP) is 3.15.